The molecule has 1 fully saturated rings. The number of hydrogen-bond acceptors (Lipinski definition) is 5. The van der Waals surface area contributed by atoms with E-state index in [4.69, 9.17) is 4.74 Å². The predicted molar refractivity (Wildman–Crippen MR) is 122 cm³/mol. The predicted octanol–water partition coefficient (Wildman–Crippen LogP) is 4.45. The van der Waals surface area contributed by atoms with Crippen LogP contribution in [0.1, 0.15) is 30.0 Å². The van der Waals surface area contributed by atoms with Crippen molar-refractivity contribution in [2.24, 2.45) is 11.0 Å². The number of nitrogens with one attached hydrogen (secondary N) is 1. The summed E-state index contributed by atoms with van der Waals surface area (Å²) >= 11 is 0. The van der Waals surface area contributed by atoms with Gasteiger partial charge in [-0.2, -0.15) is 5.10 Å². The van der Waals surface area contributed by atoms with Crippen LogP contribution in [-0.4, -0.2) is 23.7 Å². The first-order valence-corrected chi connectivity index (χ1v) is 10.3. The minimum Gasteiger partial charge on any atom is -0.490 e. The first-order valence-electron chi connectivity index (χ1n) is 10.3. The molecule has 3 aromatic rings. The largest absolute Gasteiger partial charge is 0.490 e. The van der Waals surface area contributed by atoms with Crippen LogP contribution in [0.25, 0.3) is 0 Å². The van der Waals surface area contributed by atoms with E-state index in [0.29, 0.717) is 17.7 Å². The average Bonchev–Trinajstić information content (AvgIpc) is 3.60. The van der Waals surface area contributed by atoms with Crippen LogP contribution in [0.4, 0.5) is 5.69 Å². The van der Waals surface area contributed by atoms with Gasteiger partial charge in [-0.15, -0.1) is 0 Å². The van der Waals surface area contributed by atoms with Gasteiger partial charge in [-0.25, -0.2) is 5.43 Å². The third kappa shape index (κ3) is 3.85. The molecule has 1 saturated carbocycles. The molecule has 7 heteroatoms. The zero-order valence-corrected chi connectivity index (χ0v) is 17.8. The SMILES string of the molecule is COc1ccc(/C(C)=N\NC(=O)[C@@H]2CC2(c2ccccc2)c2ccccc2)cc1[N+](=O)[O-]. The van der Waals surface area contributed by atoms with Crippen molar-refractivity contribution in [1.29, 1.82) is 0 Å². The Morgan fingerprint density at radius 3 is 2.19 bits per heavy atom. The van der Waals surface area contributed by atoms with Crippen LogP contribution in [0.15, 0.2) is 84.0 Å². The Bertz CT molecular complexity index is 1140. The van der Waals surface area contributed by atoms with Crippen molar-refractivity contribution < 1.29 is 14.5 Å². The Labute approximate surface area is 185 Å². The number of carbonyl (C=O) groups excluding carboxylic acids is 1. The van der Waals surface area contributed by atoms with Crippen molar-refractivity contribution >= 4 is 17.3 Å². The molecule has 0 spiro atoms. The molecule has 1 N–H and O–H groups in total. The maximum Gasteiger partial charge on any atom is 0.311 e. The van der Waals surface area contributed by atoms with Crippen molar-refractivity contribution in [3.8, 4) is 5.75 Å². The molecule has 1 aliphatic carbocycles. The second kappa shape index (κ2) is 8.63. The summed E-state index contributed by atoms with van der Waals surface area (Å²) in [6.07, 6.45) is 0.690. The molecule has 3 aromatic carbocycles. The summed E-state index contributed by atoms with van der Waals surface area (Å²) in [5, 5.41) is 15.5. The van der Waals surface area contributed by atoms with E-state index in [9.17, 15) is 14.9 Å². The minimum absolute atomic E-state index is 0.153. The molecule has 32 heavy (non-hydrogen) atoms. The molecule has 0 aromatic heterocycles. The quantitative estimate of drug-likeness (QED) is 0.341. The second-order valence-electron chi connectivity index (χ2n) is 7.78. The summed E-state index contributed by atoms with van der Waals surface area (Å²) in [5.41, 5.74) is 5.32. The fourth-order valence-electron chi connectivity index (χ4n) is 4.19. The number of hydrogen-bond donors (Lipinski definition) is 1. The Morgan fingerprint density at radius 2 is 1.66 bits per heavy atom. The van der Waals surface area contributed by atoms with Gasteiger partial charge in [0, 0.05) is 17.0 Å². The van der Waals surface area contributed by atoms with Crippen molar-refractivity contribution in [2.75, 3.05) is 7.11 Å². The highest BCUT2D eigenvalue weighted by atomic mass is 16.6. The topological polar surface area (TPSA) is 93.8 Å². The average molecular weight is 429 g/mol. The molecule has 162 valence electrons. The lowest BCUT2D eigenvalue weighted by molar-refractivity contribution is -0.385. The van der Waals surface area contributed by atoms with Crippen LogP contribution in [-0.2, 0) is 10.2 Å². The Balaban J connectivity index is 1.56. The summed E-state index contributed by atoms with van der Waals surface area (Å²) in [6, 6.07) is 24.6. The number of carbonyl (C=O) groups is 1. The first-order chi connectivity index (χ1) is 15.5. The summed E-state index contributed by atoms with van der Waals surface area (Å²) in [6.45, 7) is 1.69. The molecule has 0 radical (unpaired) electrons. The third-order valence-corrected chi connectivity index (χ3v) is 5.98. The third-order valence-electron chi connectivity index (χ3n) is 5.98. The molecule has 0 aliphatic heterocycles. The van der Waals surface area contributed by atoms with Gasteiger partial charge in [0.05, 0.1) is 23.7 Å². The van der Waals surface area contributed by atoms with Gasteiger partial charge in [0.25, 0.3) is 0 Å². The number of ether oxygens (including phenoxy) is 1. The van der Waals surface area contributed by atoms with Gasteiger partial charge in [-0.1, -0.05) is 60.7 Å². The Kier molecular flexibility index (Phi) is 5.73. The monoisotopic (exact) mass is 429 g/mol. The standard InChI is InChI=1S/C25H23N3O4/c1-17(18-13-14-23(32-2)22(15-18)28(30)31)26-27-24(29)21-16-25(21,19-9-5-3-6-10-19)20-11-7-4-8-12-20/h3-15,21H,16H2,1-2H3,(H,27,29)/b26-17-/t21-/m0/s1. The normalized spacial score (nSPS) is 16.8. The molecule has 4 rings (SSSR count). The van der Waals surface area contributed by atoms with Crippen molar-refractivity contribution in [1.82, 2.24) is 5.43 Å². The number of nitro benzene ring substituents is 1. The summed E-state index contributed by atoms with van der Waals surface area (Å²) in [5.74, 6) is -0.266. The van der Waals surface area contributed by atoms with Crippen molar-refractivity contribution in [2.45, 2.75) is 18.8 Å². The van der Waals surface area contributed by atoms with E-state index in [1.54, 1.807) is 13.0 Å². The highest BCUT2D eigenvalue weighted by molar-refractivity contribution is 6.00. The maximum absolute atomic E-state index is 13.0. The molecule has 1 amide bonds. The fraction of sp³-hybridized carbons (Fsp3) is 0.200. The van der Waals surface area contributed by atoms with Gasteiger partial charge in [0.2, 0.25) is 5.91 Å². The molecule has 1 atom stereocenters. The summed E-state index contributed by atoms with van der Waals surface area (Å²) < 4.78 is 5.03. The van der Waals surface area contributed by atoms with Gasteiger partial charge < -0.3 is 4.74 Å². The van der Waals surface area contributed by atoms with Gasteiger partial charge in [-0.3, -0.25) is 14.9 Å². The smallest absolute Gasteiger partial charge is 0.311 e. The Morgan fingerprint density at radius 1 is 1.06 bits per heavy atom. The highest BCUT2D eigenvalue weighted by Crippen LogP contribution is 2.58. The number of rotatable bonds is 7. The number of nitro groups is 1. The van der Waals surface area contributed by atoms with Crippen molar-refractivity contribution in [3.63, 3.8) is 0 Å². The summed E-state index contributed by atoms with van der Waals surface area (Å²) in [7, 11) is 1.38. The van der Waals surface area contributed by atoms with E-state index in [0.717, 1.165) is 11.1 Å². The van der Waals surface area contributed by atoms with Crippen molar-refractivity contribution in [3.05, 3.63) is 106 Å². The van der Waals surface area contributed by atoms with Gasteiger partial charge in [-0.05, 0) is 36.6 Å². The maximum atomic E-state index is 13.0. The van der Waals surface area contributed by atoms with Gasteiger partial charge >= 0.3 is 5.69 Å². The van der Waals surface area contributed by atoms with E-state index < -0.39 is 4.92 Å². The van der Waals surface area contributed by atoms with E-state index in [-0.39, 0.29) is 28.7 Å². The van der Waals surface area contributed by atoms with Crippen LogP contribution in [0.5, 0.6) is 5.75 Å². The Hall–Kier alpha value is -4.00. The summed E-state index contributed by atoms with van der Waals surface area (Å²) in [4.78, 5) is 23.8. The van der Waals surface area contributed by atoms with E-state index in [1.807, 2.05) is 60.7 Å². The van der Waals surface area contributed by atoms with E-state index >= 15 is 0 Å². The molecule has 7 nitrogen and oxygen atoms in total. The lowest BCUT2D eigenvalue weighted by Crippen LogP contribution is -2.26. The number of methoxy groups -OCH3 is 1. The highest BCUT2D eigenvalue weighted by Gasteiger charge is 2.60. The fourth-order valence-corrected chi connectivity index (χ4v) is 4.19. The molecule has 0 saturated heterocycles. The van der Waals surface area contributed by atoms with Crippen LogP contribution in [0.2, 0.25) is 0 Å². The van der Waals surface area contributed by atoms with Gasteiger partial charge in [0.1, 0.15) is 0 Å². The molecule has 1 aliphatic rings. The van der Waals surface area contributed by atoms with Crippen LogP contribution >= 0.6 is 0 Å². The van der Waals surface area contributed by atoms with E-state index in [2.05, 4.69) is 10.5 Å². The zero-order valence-electron chi connectivity index (χ0n) is 17.8. The second-order valence-corrected chi connectivity index (χ2v) is 7.78. The number of benzene rings is 3. The van der Waals surface area contributed by atoms with E-state index in [1.165, 1.54) is 19.2 Å². The lowest BCUT2D eigenvalue weighted by Gasteiger charge is -2.18. The van der Waals surface area contributed by atoms with Crippen LogP contribution < -0.4 is 10.2 Å². The van der Waals surface area contributed by atoms with Crippen LogP contribution in [0, 0.1) is 16.0 Å². The molecular weight excluding hydrogens is 406 g/mol. The number of amides is 1. The molecule has 0 unspecified atom stereocenters. The minimum atomic E-state index is -0.507. The lowest BCUT2D eigenvalue weighted by atomic mass is 9.85. The number of nitrogens with zero attached hydrogens (tertiary/aromatic N) is 2. The van der Waals surface area contributed by atoms with Gasteiger partial charge in [0.15, 0.2) is 5.75 Å². The first kappa shape index (κ1) is 21.2. The number of hydrazone groups is 1. The molecule has 0 bridgehead atoms. The molecular formula is C25H23N3O4. The van der Waals surface area contributed by atoms with Crippen LogP contribution in [0.3, 0.4) is 0 Å². The zero-order chi connectivity index (χ0) is 22.7. The molecule has 0 heterocycles.